The minimum absolute atomic E-state index is 0.706. The van der Waals surface area contributed by atoms with Crippen LogP contribution in [0.1, 0.15) is 16.7 Å². The van der Waals surface area contributed by atoms with Crippen molar-refractivity contribution in [3.63, 3.8) is 0 Å². The maximum absolute atomic E-state index is 6.65. The summed E-state index contributed by atoms with van der Waals surface area (Å²) in [5.74, 6) is 2.97. The van der Waals surface area contributed by atoms with Gasteiger partial charge in [0.15, 0.2) is 0 Å². The molecule has 8 nitrogen and oxygen atoms in total. The molecule has 0 saturated carbocycles. The lowest BCUT2D eigenvalue weighted by Gasteiger charge is -2.15. The van der Waals surface area contributed by atoms with Crippen LogP contribution in [0.2, 0.25) is 0 Å². The Morgan fingerprint density at radius 3 is 2.23 bits per heavy atom. The molecule has 0 aliphatic heterocycles. The Kier molecular flexibility index (Phi) is 6.66. The molecule has 6 aromatic carbocycles. The molecule has 52 heavy (non-hydrogen) atoms. The minimum Gasteiger partial charge on any atom is -0.458 e. The van der Waals surface area contributed by atoms with Gasteiger partial charge in [0.1, 0.15) is 11.5 Å². The van der Waals surface area contributed by atoms with E-state index in [-0.39, 0.29) is 0 Å². The Morgan fingerprint density at radius 1 is 0.635 bits per heavy atom. The number of ether oxygens (including phenoxy) is 1. The first-order valence-corrected chi connectivity index (χ1v) is 17.3. The van der Waals surface area contributed by atoms with Gasteiger partial charge in [0.25, 0.3) is 6.33 Å². The molecule has 0 bridgehead atoms. The number of hydrogen-bond acceptors (Lipinski definition) is 3. The van der Waals surface area contributed by atoms with Crippen LogP contribution < -0.4 is 9.30 Å². The normalized spacial score (nSPS) is 11.8. The Labute approximate surface area is 299 Å². The third-order valence-corrected chi connectivity index (χ3v) is 9.89. The fourth-order valence-corrected chi connectivity index (χ4v) is 7.52. The van der Waals surface area contributed by atoms with E-state index in [4.69, 9.17) is 14.7 Å². The quantitative estimate of drug-likeness (QED) is 0.130. The summed E-state index contributed by atoms with van der Waals surface area (Å²) < 4.78 is 17.4. The highest BCUT2D eigenvalue weighted by Crippen LogP contribution is 2.35. The molecule has 4 heterocycles. The Bertz CT molecular complexity index is 2960. The topological polar surface area (TPSA) is 58.1 Å². The van der Waals surface area contributed by atoms with Crippen molar-refractivity contribution in [2.45, 2.75) is 20.8 Å². The second kappa shape index (κ2) is 11.6. The van der Waals surface area contributed by atoms with E-state index in [0.29, 0.717) is 5.75 Å². The second-order valence-electron chi connectivity index (χ2n) is 13.2. The molecule has 0 N–H and O–H groups in total. The number of fused-ring (bicyclic) bond motifs is 6. The highest BCUT2D eigenvalue weighted by atomic mass is 16.5. The van der Waals surface area contributed by atoms with Crippen LogP contribution >= 0.6 is 0 Å². The number of rotatable bonds is 6. The Hall–Kier alpha value is -6.93. The van der Waals surface area contributed by atoms with Crippen LogP contribution in [0.4, 0.5) is 0 Å². The number of imidazole rings is 4. The van der Waals surface area contributed by atoms with Crippen LogP contribution in [0.15, 0.2) is 146 Å². The van der Waals surface area contributed by atoms with Gasteiger partial charge in [-0.2, -0.15) is 0 Å². The summed E-state index contributed by atoms with van der Waals surface area (Å²) in [5.41, 5.74) is 12.7. The van der Waals surface area contributed by atoms with E-state index < -0.39 is 0 Å². The molecular formula is C44H33N7O. The monoisotopic (exact) mass is 675 g/mol. The minimum atomic E-state index is 0.706. The van der Waals surface area contributed by atoms with Gasteiger partial charge in [0, 0.05) is 18.5 Å². The van der Waals surface area contributed by atoms with E-state index in [1.807, 2.05) is 48.8 Å². The SMILES string of the molecule is Cc1cccc(C)c1-n1ccnc1-n1c2cc(Oc3cccc(-n4[c-][n+](-c5ccccc5)c5ccccc54)c3)ccc2n2c3cccc(C)c3nc12. The van der Waals surface area contributed by atoms with Crippen LogP contribution in [-0.4, -0.2) is 28.1 Å². The van der Waals surface area contributed by atoms with Crippen molar-refractivity contribution in [1.29, 1.82) is 0 Å². The maximum Gasteiger partial charge on any atom is 0.269 e. The molecule has 10 aromatic rings. The number of aryl methyl sites for hydroxylation is 3. The van der Waals surface area contributed by atoms with Gasteiger partial charge in [0.05, 0.1) is 50.2 Å². The molecule has 10 rings (SSSR count). The number of aromatic nitrogens is 7. The average Bonchev–Trinajstić information content (AvgIpc) is 3.94. The van der Waals surface area contributed by atoms with Gasteiger partial charge in [-0.1, -0.05) is 78.9 Å². The highest BCUT2D eigenvalue weighted by molar-refractivity contribution is 5.93. The van der Waals surface area contributed by atoms with Crippen LogP contribution in [-0.2, 0) is 0 Å². The van der Waals surface area contributed by atoms with E-state index in [2.05, 4.69) is 147 Å². The third kappa shape index (κ3) is 4.58. The van der Waals surface area contributed by atoms with Crippen molar-refractivity contribution >= 4 is 38.9 Å². The van der Waals surface area contributed by atoms with Gasteiger partial charge in [-0.3, -0.25) is 18.1 Å². The molecule has 0 radical (unpaired) electrons. The van der Waals surface area contributed by atoms with E-state index in [9.17, 15) is 0 Å². The number of nitrogens with zero attached hydrogens (tertiary/aromatic N) is 7. The highest BCUT2D eigenvalue weighted by Gasteiger charge is 2.23. The van der Waals surface area contributed by atoms with Gasteiger partial charge in [-0.15, -0.1) is 0 Å². The standard InChI is InChI=1S/C44H33N7O/c1-29-12-10-21-39-41(29)46-44-50(39)38-23-22-35(27-40(38)51(44)43-45-24-25-47(43)42-30(2)13-9-14-31(42)3)52-34-18-11-17-33(26-34)49-28-48(32-15-5-4-6-16-32)36-19-7-8-20-37(36)49/h4-27H,1-3H3. The lowest BCUT2D eigenvalue weighted by Crippen LogP contribution is -2.29. The van der Waals surface area contributed by atoms with Crippen LogP contribution in [0, 0.1) is 27.1 Å². The fourth-order valence-electron chi connectivity index (χ4n) is 7.52. The van der Waals surface area contributed by atoms with Crippen molar-refractivity contribution in [2.24, 2.45) is 0 Å². The molecule has 0 saturated heterocycles. The summed E-state index contributed by atoms with van der Waals surface area (Å²) in [6.07, 6.45) is 7.45. The molecule has 0 fully saturated rings. The lowest BCUT2D eigenvalue weighted by atomic mass is 10.1. The zero-order valence-corrected chi connectivity index (χ0v) is 28.9. The zero-order chi connectivity index (χ0) is 34.9. The smallest absolute Gasteiger partial charge is 0.269 e. The van der Waals surface area contributed by atoms with Crippen molar-refractivity contribution in [1.82, 2.24) is 28.1 Å². The summed E-state index contributed by atoms with van der Waals surface area (Å²) in [6, 6.07) is 45.7. The predicted molar refractivity (Wildman–Crippen MR) is 205 cm³/mol. The van der Waals surface area contributed by atoms with Crippen molar-refractivity contribution in [2.75, 3.05) is 0 Å². The molecule has 0 spiro atoms. The number of para-hydroxylation sites is 5. The molecule has 250 valence electrons. The van der Waals surface area contributed by atoms with E-state index in [1.54, 1.807) is 0 Å². The molecule has 0 atom stereocenters. The molecule has 0 aliphatic carbocycles. The second-order valence-corrected chi connectivity index (χ2v) is 13.2. The summed E-state index contributed by atoms with van der Waals surface area (Å²) in [4.78, 5) is 10.2. The summed E-state index contributed by atoms with van der Waals surface area (Å²) in [5, 5.41) is 0. The fraction of sp³-hybridized carbons (Fsp3) is 0.0682. The number of benzene rings is 6. The molecule has 8 heteroatoms. The molecule has 0 amide bonds. The largest absolute Gasteiger partial charge is 0.458 e. The van der Waals surface area contributed by atoms with E-state index in [0.717, 1.165) is 73.2 Å². The van der Waals surface area contributed by atoms with Crippen molar-refractivity contribution in [3.8, 4) is 34.5 Å². The molecule has 0 unspecified atom stereocenters. The first kappa shape index (κ1) is 29.9. The van der Waals surface area contributed by atoms with E-state index in [1.165, 1.54) is 11.1 Å². The summed E-state index contributed by atoms with van der Waals surface area (Å²) >= 11 is 0. The van der Waals surface area contributed by atoms with Gasteiger partial charge in [0.2, 0.25) is 11.7 Å². The predicted octanol–water partition coefficient (Wildman–Crippen LogP) is 9.36. The van der Waals surface area contributed by atoms with Gasteiger partial charge in [-0.05, 0) is 86.0 Å². The van der Waals surface area contributed by atoms with Gasteiger partial charge in [-0.25, -0.2) is 14.5 Å². The van der Waals surface area contributed by atoms with E-state index >= 15 is 0 Å². The van der Waals surface area contributed by atoms with Crippen LogP contribution in [0.25, 0.3) is 61.9 Å². The third-order valence-electron chi connectivity index (χ3n) is 9.89. The van der Waals surface area contributed by atoms with Crippen molar-refractivity contribution < 1.29 is 9.30 Å². The van der Waals surface area contributed by atoms with Crippen molar-refractivity contribution in [3.05, 3.63) is 169 Å². The van der Waals surface area contributed by atoms with Gasteiger partial charge < -0.3 is 4.74 Å². The first-order chi connectivity index (χ1) is 25.5. The Morgan fingerprint density at radius 2 is 1.37 bits per heavy atom. The number of hydrogen-bond donors (Lipinski definition) is 0. The summed E-state index contributed by atoms with van der Waals surface area (Å²) in [7, 11) is 0. The Balaban J connectivity index is 1.12. The molecule has 0 aliphatic rings. The summed E-state index contributed by atoms with van der Waals surface area (Å²) in [6.45, 7) is 6.38. The van der Waals surface area contributed by atoms with Crippen LogP contribution in [0.3, 0.4) is 0 Å². The maximum atomic E-state index is 6.65. The molecule has 4 aromatic heterocycles. The molecular weight excluding hydrogens is 643 g/mol. The first-order valence-electron chi connectivity index (χ1n) is 17.3. The van der Waals surface area contributed by atoms with Gasteiger partial charge >= 0.3 is 0 Å². The van der Waals surface area contributed by atoms with Crippen LogP contribution in [0.5, 0.6) is 11.5 Å². The zero-order valence-electron chi connectivity index (χ0n) is 28.9. The lowest BCUT2D eigenvalue weighted by molar-refractivity contribution is -0.572. The average molecular weight is 676 g/mol.